The van der Waals surface area contributed by atoms with Crippen molar-refractivity contribution in [2.24, 2.45) is 5.73 Å². The second kappa shape index (κ2) is 6.63. The zero-order chi connectivity index (χ0) is 18.3. The first-order valence-corrected chi connectivity index (χ1v) is 8.97. The van der Waals surface area contributed by atoms with E-state index in [1.165, 1.54) is 10.2 Å². The minimum atomic E-state index is -0.553. The van der Waals surface area contributed by atoms with Crippen LogP contribution in [0.1, 0.15) is 16.1 Å². The fourth-order valence-corrected chi connectivity index (χ4v) is 3.66. The SMILES string of the molecule is Cc1cc(N2CCNCC2)ccc1-c1ccc2c(Cl)cc(C(N)=O)n2n1. The van der Waals surface area contributed by atoms with Crippen LogP contribution in [0.15, 0.2) is 36.4 Å². The number of nitrogens with one attached hydrogen (secondary N) is 1. The molecule has 6 nitrogen and oxygen atoms in total. The van der Waals surface area contributed by atoms with Gasteiger partial charge in [-0.15, -0.1) is 0 Å². The van der Waals surface area contributed by atoms with Gasteiger partial charge in [0.1, 0.15) is 5.69 Å². The van der Waals surface area contributed by atoms with E-state index in [4.69, 9.17) is 17.3 Å². The van der Waals surface area contributed by atoms with Gasteiger partial charge in [0.05, 0.1) is 16.2 Å². The molecule has 0 aliphatic carbocycles. The van der Waals surface area contributed by atoms with Crippen molar-refractivity contribution in [2.45, 2.75) is 6.92 Å². The summed E-state index contributed by atoms with van der Waals surface area (Å²) in [5.74, 6) is -0.553. The lowest BCUT2D eigenvalue weighted by atomic mass is 10.0. The average Bonchev–Trinajstić information content (AvgIpc) is 2.99. The Morgan fingerprint density at radius 2 is 1.96 bits per heavy atom. The van der Waals surface area contributed by atoms with Crippen LogP contribution in [-0.2, 0) is 0 Å². The number of rotatable bonds is 3. The van der Waals surface area contributed by atoms with Gasteiger partial charge in [0.15, 0.2) is 0 Å². The van der Waals surface area contributed by atoms with Gasteiger partial charge in [-0.25, -0.2) is 4.52 Å². The number of hydrogen-bond donors (Lipinski definition) is 2. The average molecular weight is 370 g/mol. The molecule has 3 N–H and O–H groups in total. The number of amides is 1. The number of fused-ring (bicyclic) bond motifs is 1. The number of nitrogens with two attached hydrogens (primary N) is 1. The van der Waals surface area contributed by atoms with Gasteiger partial charge in [0.25, 0.3) is 5.91 Å². The second-order valence-corrected chi connectivity index (χ2v) is 6.90. The van der Waals surface area contributed by atoms with Gasteiger partial charge >= 0.3 is 0 Å². The lowest BCUT2D eigenvalue weighted by molar-refractivity contribution is 0.0994. The zero-order valence-electron chi connectivity index (χ0n) is 14.5. The third-order valence-electron chi connectivity index (χ3n) is 4.79. The maximum Gasteiger partial charge on any atom is 0.267 e. The molecule has 3 heterocycles. The summed E-state index contributed by atoms with van der Waals surface area (Å²) in [6.07, 6.45) is 0. The molecular weight excluding hydrogens is 350 g/mol. The Morgan fingerprint density at radius 1 is 1.19 bits per heavy atom. The molecule has 2 aromatic heterocycles. The highest BCUT2D eigenvalue weighted by Gasteiger charge is 2.16. The molecule has 1 amide bonds. The summed E-state index contributed by atoms with van der Waals surface area (Å²) in [5.41, 5.74) is 10.5. The first-order valence-electron chi connectivity index (χ1n) is 8.59. The molecule has 7 heteroatoms. The third-order valence-corrected chi connectivity index (χ3v) is 5.09. The summed E-state index contributed by atoms with van der Waals surface area (Å²) >= 11 is 6.18. The van der Waals surface area contributed by atoms with E-state index in [9.17, 15) is 4.79 Å². The highest BCUT2D eigenvalue weighted by atomic mass is 35.5. The van der Waals surface area contributed by atoms with Crippen molar-refractivity contribution in [3.63, 3.8) is 0 Å². The molecule has 0 radical (unpaired) electrons. The molecule has 0 atom stereocenters. The highest BCUT2D eigenvalue weighted by molar-refractivity contribution is 6.34. The Kier molecular flexibility index (Phi) is 4.30. The smallest absolute Gasteiger partial charge is 0.267 e. The predicted octanol–water partition coefficient (Wildman–Crippen LogP) is 2.47. The number of piperazine rings is 1. The van der Waals surface area contributed by atoms with Crippen LogP contribution < -0.4 is 16.0 Å². The summed E-state index contributed by atoms with van der Waals surface area (Å²) in [6, 6.07) is 11.7. The molecule has 0 bridgehead atoms. The molecule has 1 aliphatic heterocycles. The van der Waals surface area contributed by atoms with Crippen molar-refractivity contribution < 1.29 is 4.79 Å². The summed E-state index contributed by atoms with van der Waals surface area (Å²) in [7, 11) is 0. The molecule has 26 heavy (non-hydrogen) atoms. The predicted molar refractivity (Wildman–Crippen MR) is 104 cm³/mol. The summed E-state index contributed by atoms with van der Waals surface area (Å²) in [4.78, 5) is 14.0. The van der Waals surface area contributed by atoms with E-state index in [-0.39, 0.29) is 5.69 Å². The maximum absolute atomic E-state index is 11.7. The van der Waals surface area contributed by atoms with Crippen LogP contribution in [-0.4, -0.2) is 41.7 Å². The number of anilines is 1. The molecule has 1 aromatic carbocycles. The fraction of sp³-hybridized carbons (Fsp3) is 0.263. The van der Waals surface area contributed by atoms with Crippen LogP contribution in [0.3, 0.4) is 0 Å². The van der Waals surface area contributed by atoms with E-state index in [2.05, 4.69) is 40.4 Å². The zero-order valence-corrected chi connectivity index (χ0v) is 15.3. The van der Waals surface area contributed by atoms with Crippen molar-refractivity contribution in [2.75, 3.05) is 31.1 Å². The number of carbonyl (C=O) groups excluding carboxylic acids is 1. The van der Waals surface area contributed by atoms with Crippen molar-refractivity contribution in [1.82, 2.24) is 14.9 Å². The Balaban J connectivity index is 1.75. The van der Waals surface area contributed by atoms with E-state index >= 15 is 0 Å². The molecule has 3 aromatic rings. The van der Waals surface area contributed by atoms with Gasteiger partial charge in [-0.2, -0.15) is 5.10 Å². The van der Waals surface area contributed by atoms with Gasteiger partial charge < -0.3 is 16.0 Å². The maximum atomic E-state index is 11.7. The first-order chi connectivity index (χ1) is 12.5. The van der Waals surface area contributed by atoms with Crippen LogP contribution >= 0.6 is 11.6 Å². The number of benzene rings is 1. The first kappa shape index (κ1) is 16.9. The van der Waals surface area contributed by atoms with Gasteiger partial charge in [0.2, 0.25) is 0 Å². The Bertz CT molecular complexity index is 991. The van der Waals surface area contributed by atoms with Crippen LogP contribution in [0.25, 0.3) is 16.8 Å². The minimum Gasteiger partial charge on any atom is -0.369 e. The molecule has 4 rings (SSSR count). The standard InChI is InChI=1S/C19H20ClN5O/c1-12-10-13(24-8-6-22-7-9-24)2-3-14(12)16-4-5-17-15(20)11-18(19(21)26)25(17)23-16/h2-5,10-11,22H,6-9H2,1H3,(H2,21,26). The second-order valence-electron chi connectivity index (χ2n) is 6.49. The molecule has 0 spiro atoms. The Hall–Kier alpha value is -2.57. The number of halogens is 1. The van der Waals surface area contributed by atoms with Crippen molar-refractivity contribution in [3.8, 4) is 11.3 Å². The number of nitrogens with zero attached hydrogens (tertiary/aromatic N) is 3. The van der Waals surface area contributed by atoms with Crippen molar-refractivity contribution in [3.05, 3.63) is 52.7 Å². The number of aryl methyl sites for hydroxylation is 1. The third kappa shape index (κ3) is 2.91. The molecule has 1 aliphatic rings. The minimum absolute atomic E-state index is 0.280. The van der Waals surface area contributed by atoms with Crippen LogP contribution in [0, 0.1) is 6.92 Å². The van der Waals surface area contributed by atoms with Crippen molar-refractivity contribution >= 4 is 28.7 Å². The summed E-state index contributed by atoms with van der Waals surface area (Å²) in [5, 5.41) is 8.43. The largest absolute Gasteiger partial charge is 0.369 e. The topological polar surface area (TPSA) is 75.7 Å². The number of carbonyl (C=O) groups is 1. The molecule has 0 unspecified atom stereocenters. The lowest BCUT2D eigenvalue weighted by Gasteiger charge is -2.30. The quantitative estimate of drug-likeness (QED) is 0.743. The number of primary amides is 1. The molecule has 1 saturated heterocycles. The molecule has 0 saturated carbocycles. The molecular formula is C19H20ClN5O. The summed E-state index contributed by atoms with van der Waals surface area (Å²) < 4.78 is 1.52. The number of aromatic nitrogens is 2. The number of hydrogen-bond acceptors (Lipinski definition) is 4. The van der Waals surface area contributed by atoms with E-state index in [0.29, 0.717) is 10.5 Å². The van der Waals surface area contributed by atoms with Crippen LogP contribution in [0.2, 0.25) is 5.02 Å². The lowest BCUT2D eigenvalue weighted by Crippen LogP contribution is -2.43. The van der Waals surface area contributed by atoms with Gasteiger partial charge in [-0.1, -0.05) is 17.7 Å². The van der Waals surface area contributed by atoms with Crippen LogP contribution in [0.5, 0.6) is 0 Å². The van der Waals surface area contributed by atoms with Crippen molar-refractivity contribution in [1.29, 1.82) is 0 Å². The highest BCUT2D eigenvalue weighted by Crippen LogP contribution is 2.28. The normalized spacial score (nSPS) is 14.8. The van der Waals surface area contributed by atoms with Gasteiger partial charge in [0, 0.05) is 37.4 Å². The fourth-order valence-electron chi connectivity index (χ4n) is 3.42. The van der Waals surface area contributed by atoms with Gasteiger partial charge in [-0.05, 0) is 42.8 Å². The molecule has 1 fully saturated rings. The Morgan fingerprint density at radius 3 is 2.65 bits per heavy atom. The van der Waals surface area contributed by atoms with Gasteiger partial charge in [-0.3, -0.25) is 4.79 Å². The Labute approximate surface area is 156 Å². The van der Waals surface area contributed by atoms with Crippen LogP contribution in [0.4, 0.5) is 5.69 Å². The monoisotopic (exact) mass is 369 g/mol. The van der Waals surface area contributed by atoms with E-state index in [0.717, 1.165) is 43.0 Å². The summed E-state index contributed by atoms with van der Waals surface area (Å²) in [6.45, 7) is 6.09. The van der Waals surface area contributed by atoms with E-state index < -0.39 is 5.91 Å². The molecule has 134 valence electrons. The van der Waals surface area contributed by atoms with E-state index in [1.807, 2.05) is 12.1 Å². The van der Waals surface area contributed by atoms with E-state index in [1.54, 1.807) is 6.07 Å².